The van der Waals surface area contributed by atoms with E-state index in [1.165, 1.54) is 43.2 Å². The summed E-state index contributed by atoms with van der Waals surface area (Å²) in [6, 6.07) is 6.38. The molecule has 0 radical (unpaired) electrons. The van der Waals surface area contributed by atoms with Crippen molar-refractivity contribution in [3.8, 4) is 0 Å². The van der Waals surface area contributed by atoms with Crippen molar-refractivity contribution in [2.75, 3.05) is 0 Å². The minimum Gasteiger partial charge on any atom is -0.123 e. The lowest BCUT2D eigenvalue weighted by Crippen LogP contribution is -2.27. The van der Waals surface area contributed by atoms with Crippen molar-refractivity contribution >= 4 is 23.2 Å². The van der Waals surface area contributed by atoms with Crippen LogP contribution in [0.4, 0.5) is 0 Å². The Morgan fingerprint density at radius 2 is 2.05 bits per heavy atom. The fourth-order valence-electron chi connectivity index (χ4n) is 3.31. The van der Waals surface area contributed by atoms with Gasteiger partial charge in [-0.2, -0.15) is 0 Å². The van der Waals surface area contributed by atoms with E-state index in [4.69, 9.17) is 23.2 Å². The normalized spacial score (nSPS) is 27.5. The number of halogens is 2. The Labute approximate surface area is 127 Å². The Morgan fingerprint density at radius 3 is 2.74 bits per heavy atom. The van der Waals surface area contributed by atoms with Crippen LogP contribution in [0.1, 0.15) is 50.2 Å². The molecule has 1 saturated carbocycles. The van der Waals surface area contributed by atoms with E-state index in [2.05, 4.69) is 32.0 Å². The highest BCUT2D eigenvalue weighted by molar-refractivity contribution is 6.31. The molecule has 2 rings (SSSR count). The summed E-state index contributed by atoms with van der Waals surface area (Å²) in [5.74, 6) is 1.46. The molecule has 0 aromatic heterocycles. The first-order valence-corrected chi connectivity index (χ1v) is 8.30. The van der Waals surface area contributed by atoms with Crippen molar-refractivity contribution in [1.29, 1.82) is 0 Å². The van der Waals surface area contributed by atoms with E-state index in [0.717, 1.165) is 17.4 Å². The predicted molar refractivity (Wildman–Crippen MR) is 85.3 cm³/mol. The van der Waals surface area contributed by atoms with Crippen LogP contribution in [0.15, 0.2) is 18.2 Å². The summed E-state index contributed by atoms with van der Waals surface area (Å²) in [5, 5.41) is 1.23. The second kappa shape index (κ2) is 6.99. The maximum atomic E-state index is 6.54. The van der Waals surface area contributed by atoms with Gasteiger partial charge < -0.3 is 0 Å². The number of rotatable bonds is 4. The van der Waals surface area contributed by atoms with E-state index >= 15 is 0 Å². The van der Waals surface area contributed by atoms with Gasteiger partial charge in [0, 0.05) is 10.4 Å². The fourth-order valence-corrected chi connectivity index (χ4v) is 3.94. The van der Waals surface area contributed by atoms with Crippen molar-refractivity contribution in [1.82, 2.24) is 0 Å². The summed E-state index contributed by atoms with van der Waals surface area (Å²) < 4.78 is 0. The topological polar surface area (TPSA) is 0 Å². The molecule has 19 heavy (non-hydrogen) atoms. The Hall–Kier alpha value is -0.200. The third-order valence-electron chi connectivity index (χ3n) is 4.39. The molecule has 0 spiro atoms. The standard InChI is InChI=1S/C17H24Cl2/c1-3-4-13-6-8-16(18)15(10-13)11-14-7-5-12(2)9-17(14)19/h5,7,9,13,15-16H,3-4,6,8,10-11H2,1-2H3. The van der Waals surface area contributed by atoms with Crippen LogP contribution in [0.5, 0.6) is 0 Å². The number of hydrogen-bond acceptors (Lipinski definition) is 0. The summed E-state index contributed by atoms with van der Waals surface area (Å²) in [4.78, 5) is 0. The molecule has 3 atom stereocenters. The van der Waals surface area contributed by atoms with Gasteiger partial charge in [-0.05, 0) is 61.6 Å². The quantitative estimate of drug-likeness (QED) is 0.597. The lowest BCUT2D eigenvalue weighted by Gasteiger charge is -2.33. The molecular formula is C17H24Cl2. The van der Waals surface area contributed by atoms with Crippen molar-refractivity contribution < 1.29 is 0 Å². The van der Waals surface area contributed by atoms with Gasteiger partial charge in [0.2, 0.25) is 0 Å². The van der Waals surface area contributed by atoms with Gasteiger partial charge in [0.1, 0.15) is 0 Å². The summed E-state index contributed by atoms with van der Waals surface area (Å²) in [6.07, 6.45) is 7.41. The van der Waals surface area contributed by atoms with Gasteiger partial charge >= 0.3 is 0 Å². The van der Waals surface area contributed by atoms with Crippen LogP contribution < -0.4 is 0 Å². The molecule has 0 N–H and O–H groups in total. The van der Waals surface area contributed by atoms with Crippen molar-refractivity contribution in [2.45, 2.75) is 57.7 Å². The third-order valence-corrected chi connectivity index (χ3v) is 5.31. The SMILES string of the molecule is CCCC1CCC(Cl)C(Cc2ccc(C)cc2Cl)C1. The van der Waals surface area contributed by atoms with Crippen LogP contribution in [0.25, 0.3) is 0 Å². The maximum absolute atomic E-state index is 6.54. The van der Waals surface area contributed by atoms with E-state index in [9.17, 15) is 0 Å². The number of alkyl halides is 1. The molecule has 0 aliphatic heterocycles. The lowest BCUT2D eigenvalue weighted by molar-refractivity contribution is 0.257. The molecule has 1 fully saturated rings. The number of aryl methyl sites for hydroxylation is 1. The molecule has 1 aromatic carbocycles. The molecule has 0 saturated heterocycles. The highest BCUT2D eigenvalue weighted by Crippen LogP contribution is 2.37. The van der Waals surface area contributed by atoms with Gasteiger partial charge in [-0.25, -0.2) is 0 Å². The first-order valence-electron chi connectivity index (χ1n) is 7.49. The molecule has 2 heteroatoms. The fraction of sp³-hybridized carbons (Fsp3) is 0.647. The molecule has 0 heterocycles. The number of benzene rings is 1. The molecule has 1 aromatic rings. The Bertz CT molecular complexity index is 414. The van der Waals surface area contributed by atoms with Crippen LogP contribution in [0.3, 0.4) is 0 Å². The van der Waals surface area contributed by atoms with Crippen LogP contribution in [0, 0.1) is 18.8 Å². The smallest absolute Gasteiger partial charge is 0.0440 e. The minimum atomic E-state index is 0.325. The monoisotopic (exact) mass is 298 g/mol. The highest BCUT2D eigenvalue weighted by atomic mass is 35.5. The van der Waals surface area contributed by atoms with Crippen molar-refractivity contribution in [3.63, 3.8) is 0 Å². The molecule has 1 aliphatic rings. The highest BCUT2D eigenvalue weighted by Gasteiger charge is 2.29. The van der Waals surface area contributed by atoms with Gasteiger partial charge in [0.15, 0.2) is 0 Å². The molecule has 3 unspecified atom stereocenters. The second-order valence-electron chi connectivity index (χ2n) is 6.04. The summed E-state index contributed by atoms with van der Waals surface area (Å²) in [6.45, 7) is 4.36. The first-order chi connectivity index (χ1) is 9.10. The predicted octanol–water partition coefficient (Wildman–Crippen LogP) is 6.01. The number of hydrogen-bond donors (Lipinski definition) is 0. The van der Waals surface area contributed by atoms with E-state index in [1.807, 2.05) is 0 Å². The Morgan fingerprint density at radius 1 is 1.26 bits per heavy atom. The summed E-state index contributed by atoms with van der Waals surface area (Å²) in [5.41, 5.74) is 2.49. The Kier molecular flexibility index (Phi) is 5.59. The van der Waals surface area contributed by atoms with Gasteiger partial charge in [-0.15, -0.1) is 11.6 Å². The average Bonchev–Trinajstić information content (AvgIpc) is 2.37. The lowest BCUT2D eigenvalue weighted by atomic mass is 9.76. The van der Waals surface area contributed by atoms with E-state index < -0.39 is 0 Å². The second-order valence-corrected chi connectivity index (χ2v) is 7.01. The minimum absolute atomic E-state index is 0.325. The maximum Gasteiger partial charge on any atom is 0.0440 e. The van der Waals surface area contributed by atoms with Crippen LogP contribution in [0.2, 0.25) is 5.02 Å². The zero-order chi connectivity index (χ0) is 13.8. The van der Waals surface area contributed by atoms with Crippen molar-refractivity contribution in [3.05, 3.63) is 34.3 Å². The molecule has 0 nitrogen and oxygen atoms in total. The Balaban J connectivity index is 2.03. The molecule has 106 valence electrons. The molecular weight excluding hydrogens is 275 g/mol. The van der Waals surface area contributed by atoms with E-state index in [1.54, 1.807) is 0 Å². The molecule has 0 amide bonds. The molecule has 0 bridgehead atoms. The van der Waals surface area contributed by atoms with Crippen LogP contribution in [-0.2, 0) is 6.42 Å². The van der Waals surface area contributed by atoms with Gasteiger partial charge in [-0.3, -0.25) is 0 Å². The molecule has 1 aliphatic carbocycles. The van der Waals surface area contributed by atoms with E-state index in [0.29, 0.717) is 11.3 Å². The van der Waals surface area contributed by atoms with Crippen LogP contribution in [-0.4, -0.2) is 5.38 Å². The summed E-state index contributed by atoms with van der Waals surface area (Å²) >= 11 is 12.9. The zero-order valence-corrected chi connectivity index (χ0v) is 13.5. The van der Waals surface area contributed by atoms with Crippen molar-refractivity contribution in [2.24, 2.45) is 11.8 Å². The first kappa shape index (κ1) is 15.2. The van der Waals surface area contributed by atoms with Gasteiger partial charge in [0.05, 0.1) is 0 Å². The zero-order valence-electron chi connectivity index (χ0n) is 12.0. The van der Waals surface area contributed by atoms with Gasteiger partial charge in [-0.1, -0.05) is 43.5 Å². The summed E-state index contributed by atoms with van der Waals surface area (Å²) in [7, 11) is 0. The van der Waals surface area contributed by atoms with Gasteiger partial charge in [0.25, 0.3) is 0 Å². The largest absolute Gasteiger partial charge is 0.123 e. The third kappa shape index (κ3) is 4.13. The van der Waals surface area contributed by atoms with E-state index in [-0.39, 0.29) is 0 Å². The average molecular weight is 299 g/mol. The van der Waals surface area contributed by atoms with Crippen LogP contribution >= 0.6 is 23.2 Å².